The minimum Gasteiger partial charge on any atom is -0.448 e. The maximum atomic E-state index is 5.17. The molecule has 0 fully saturated rings. The van der Waals surface area contributed by atoms with E-state index in [-0.39, 0.29) is 0 Å². The highest BCUT2D eigenvalue weighted by atomic mass is 16.3. The van der Waals surface area contributed by atoms with Crippen LogP contribution in [0, 0.1) is 0 Å². The van der Waals surface area contributed by atoms with Crippen LogP contribution in [0.5, 0.6) is 0 Å². The van der Waals surface area contributed by atoms with Crippen LogP contribution < -0.4 is 0 Å². The first-order chi connectivity index (χ1) is 8.92. The summed E-state index contributed by atoms with van der Waals surface area (Å²) in [6.45, 7) is 0. The van der Waals surface area contributed by atoms with Crippen molar-refractivity contribution in [2.75, 3.05) is 0 Å². The topological polar surface area (TPSA) is 51.8 Å². The lowest BCUT2D eigenvalue weighted by atomic mass is 10.1. The van der Waals surface area contributed by atoms with Crippen molar-refractivity contribution in [2.45, 2.75) is 6.42 Å². The van der Waals surface area contributed by atoms with Crippen molar-refractivity contribution in [3.8, 4) is 11.3 Å². The van der Waals surface area contributed by atoms with Crippen molar-refractivity contribution in [2.24, 2.45) is 0 Å². The Morgan fingerprint density at radius 2 is 1.83 bits per heavy atom. The summed E-state index contributed by atoms with van der Waals surface area (Å²) in [5.74, 6) is 0.789. The highest BCUT2D eigenvalue weighted by Gasteiger charge is 2.03. The van der Waals surface area contributed by atoms with E-state index in [4.69, 9.17) is 4.42 Å². The van der Waals surface area contributed by atoms with Crippen molar-refractivity contribution in [3.63, 3.8) is 0 Å². The second-order valence-corrected chi connectivity index (χ2v) is 3.92. The van der Waals surface area contributed by atoms with Crippen LogP contribution in [-0.2, 0) is 6.42 Å². The van der Waals surface area contributed by atoms with Crippen molar-refractivity contribution >= 4 is 0 Å². The summed E-state index contributed by atoms with van der Waals surface area (Å²) in [5, 5.41) is 8.41. The zero-order valence-corrected chi connectivity index (χ0v) is 9.65. The second kappa shape index (κ2) is 4.79. The van der Waals surface area contributed by atoms with E-state index >= 15 is 0 Å². The Balaban J connectivity index is 1.81. The normalized spacial score (nSPS) is 10.4. The molecule has 0 spiro atoms. The van der Waals surface area contributed by atoms with Gasteiger partial charge in [0.05, 0.1) is 24.0 Å². The van der Waals surface area contributed by atoms with Gasteiger partial charge in [-0.2, -0.15) is 10.2 Å². The Labute approximate surface area is 104 Å². The fourth-order valence-corrected chi connectivity index (χ4v) is 1.72. The van der Waals surface area contributed by atoms with Crippen LogP contribution in [0.25, 0.3) is 11.3 Å². The fourth-order valence-electron chi connectivity index (χ4n) is 1.72. The summed E-state index contributed by atoms with van der Waals surface area (Å²) in [5.41, 5.74) is 2.81. The number of hydrogen-bond acceptors (Lipinski definition) is 4. The molecule has 0 atom stereocenters. The number of aromatic nitrogens is 3. The van der Waals surface area contributed by atoms with E-state index in [1.165, 1.54) is 6.39 Å². The van der Waals surface area contributed by atoms with Gasteiger partial charge in [-0.3, -0.25) is 0 Å². The van der Waals surface area contributed by atoms with E-state index in [9.17, 15) is 0 Å². The second-order valence-electron chi connectivity index (χ2n) is 3.92. The van der Waals surface area contributed by atoms with Gasteiger partial charge in [-0.05, 0) is 12.1 Å². The first kappa shape index (κ1) is 10.7. The third-order valence-electron chi connectivity index (χ3n) is 2.63. The molecule has 1 aromatic carbocycles. The van der Waals surface area contributed by atoms with E-state index in [1.807, 2.05) is 42.5 Å². The van der Waals surface area contributed by atoms with Gasteiger partial charge in [-0.15, -0.1) is 0 Å². The van der Waals surface area contributed by atoms with Crippen molar-refractivity contribution < 1.29 is 4.42 Å². The molecule has 0 aliphatic carbocycles. The molecule has 3 aromatic rings. The molecule has 0 aliphatic rings. The average Bonchev–Trinajstić information content (AvgIpc) is 2.94. The first-order valence-corrected chi connectivity index (χ1v) is 5.67. The average molecular weight is 237 g/mol. The SMILES string of the molecule is c1ccc(-c2ccc(Cc3cnco3)nn2)cc1. The molecule has 2 heterocycles. The van der Waals surface area contributed by atoms with Gasteiger partial charge in [0.25, 0.3) is 0 Å². The number of nitrogens with zero attached hydrogens (tertiary/aromatic N) is 3. The predicted octanol–water partition coefficient (Wildman–Crippen LogP) is 2.72. The third kappa shape index (κ3) is 2.27. The maximum absolute atomic E-state index is 5.17. The largest absolute Gasteiger partial charge is 0.448 e. The Hall–Kier alpha value is -2.49. The van der Waals surface area contributed by atoms with Gasteiger partial charge in [-0.1, -0.05) is 30.3 Å². The molecule has 0 bridgehead atoms. The van der Waals surface area contributed by atoms with Gasteiger partial charge in [0.2, 0.25) is 0 Å². The monoisotopic (exact) mass is 237 g/mol. The molecule has 0 amide bonds. The molecule has 0 aliphatic heterocycles. The van der Waals surface area contributed by atoms with Gasteiger partial charge >= 0.3 is 0 Å². The third-order valence-corrected chi connectivity index (χ3v) is 2.63. The van der Waals surface area contributed by atoms with Crippen molar-refractivity contribution in [3.05, 3.63) is 66.5 Å². The number of rotatable bonds is 3. The van der Waals surface area contributed by atoms with Crippen molar-refractivity contribution in [1.82, 2.24) is 15.2 Å². The summed E-state index contributed by atoms with van der Waals surface area (Å²) in [6.07, 6.45) is 3.72. The smallest absolute Gasteiger partial charge is 0.180 e. The minimum atomic E-state index is 0.613. The number of hydrogen-bond donors (Lipinski definition) is 0. The molecule has 0 saturated carbocycles. The van der Waals surface area contributed by atoms with Gasteiger partial charge in [0.1, 0.15) is 5.76 Å². The van der Waals surface area contributed by atoms with E-state index in [1.54, 1.807) is 6.20 Å². The van der Waals surface area contributed by atoms with Crippen LogP contribution in [0.15, 0.2) is 59.5 Å². The molecule has 4 nitrogen and oxygen atoms in total. The van der Waals surface area contributed by atoms with Gasteiger partial charge in [0.15, 0.2) is 6.39 Å². The molecule has 4 heteroatoms. The molecule has 0 saturated heterocycles. The van der Waals surface area contributed by atoms with Crippen molar-refractivity contribution in [1.29, 1.82) is 0 Å². The molecule has 2 aromatic heterocycles. The summed E-state index contributed by atoms with van der Waals surface area (Å²) in [4.78, 5) is 3.87. The number of benzene rings is 1. The van der Waals surface area contributed by atoms with E-state index < -0.39 is 0 Å². The zero-order valence-electron chi connectivity index (χ0n) is 9.65. The van der Waals surface area contributed by atoms with Crippen LogP contribution in [-0.4, -0.2) is 15.2 Å². The molecule has 0 radical (unpaired) electrons. The van der Waals surface area contributed by atoms with Crippen LogP contribution >= 0.6 is 0 Å². The zero-order chi connectivity index (χ0) is 12.2. The molecule has 88 valence electrons. The van der Waals surface area contributed by atoms with Crippen LogP contribution in [0.2, 0.25) is 0 Å². The standard InChI is InChI=1S/C14H11N3O/c1-2-4-11(5-3-1)14-7-6-12(16-17-14)8-13-9-15-10-18-13/h1-7,9-10H,8H2. The minimum absolute atomic E-state index is 0.613. The van der Waals surface area contributed by atoms with E-state index in [2.05, 4.69) is 15.2 Å². The quantitative estimate of drug-likeness (QED) is 0.702. The van der Waals surface area contributed by atoms with Gasteiger partial charge in [0, 0.05) is 5.56 Å². The molecular formula is C14H11N3O. The van der Waals surface area contributed by atoms with E-state index in [0.717, 1.165) is 22.7 Å². The maximum Gasteiger partial charge on any atom is 0.180 e. The molecule has 0 unspecified atom stereocenters. The summed E-state index contributed by atoms with van der Waals surface area (Å²) in [6, 6.07) is 13.9. The lowest BCUT2D eigenvalue weighted by Crippen LogP contribution is -1.95. The summed E-state index contributed by atoms with van der Waals surface area (Å²) < 4.78 is 5.17. The highest BCUT2D eigenvalue weighted by molar-refractivity contribution is 5.57. The summed E-state index contributed by atoms with van der Waals surface area (Å²) >= 11 is 0. The van der Waals surface area contributed by atoms with E-state index in [0.29, 0.717) is 6.42 Å². The lowest BCUT2D eigenvalue weighted by molar-refractivity contribution is 0.512. The molecular weight excluding hydrogens is 226 g/mol. The number of oxazole rings is 1. The molecule has 0 N–H and O–H groups in total. The molecule has 3 rings (SSSR count). The van der Waals surface area contributed by atoms with Gasteiger partial charge < -0.3 is 4.42 Å². The Morgan fingerprint density at radius 3 is 2.50 bits per heavy atom. The Morgan fingerprint density at radius 1 is 0.944 bits per heavy atom. The predicted molar refractivity (Wildman–Crippen MR) is 66.8 cm³/mol. The van der Waals surface area contributed by atoms with Crippen LogP contribution in [0.1, 0.15) is 11.5 Å². The van der Waals surface area contributed by atoms with Gasteiger partial charge in [-0.25, -0.2) is 4.98 Å². The van der Waals surface area contributed by atoms with Crippen LogP contribution in [0.4, 0.5) is 0 Å². The molecule has 18 heavy (non-hydrogen) atoms. The lowest BCUT2D eigenvalue weighted by Gasteiger charge is -2.00. The summed E-state index contributed by atoms with van der Waals surface area (Å²) in [7, 11) is 0. The first-order valence-electron chi connectivity index (χ1n) is 5.67. The van der Waals surface area contributed by atoms with Crippen LogP contribution in [0.3, 0.4) is 0 Å². The Kier molecular flexibility index (Phi) is 2.84. The fraction of sp³-hybridized carbons (Fsp3) is 0.0714. The Bertz CT molecular complexity index is 603. The highest BCUT2D eigenvalue weighted by Crippen LogP contribution is 2.15.